The molecule has 0 fully saturated rings. The molecule has 0 aliphatic rings. The van der Waals surface area contributed by atoms with Gasteiger partial charge in [0.25, 0.3) is 0 Å². The first-order chi connectivity index (χ1) is 15.3. The predicted octanol–water partition coefficient (Wildman–Crippen LogP) is 3.48. The molecule has 0 saturated heterocycles. The Morgan fingerprint density at radius 2 is 1.81 bits per heavy atom. The van der Waals surface area contributed by atoms with E-state index < -0.39 is 0 Å². The molecule has 10 nitrogen and oxygen atoms in total. The summed E-state index contributed by atoms with van der Waals surface area (Å²) in [5.74, 6) is 1.28. The number of pyridine rings is 1. The maximum atomic E-state index is 11.4. The summed E-state index contributed by atoms with van der Waals surface area (Å²) in [4.78, 5) is 38.1. The van der Waals surface area contributed by atoms with E-state index in [-0.39, 0.29) is 5.56 Å². The van der Waals surface area contributed by atoms with Gasteiger partial charge in [0.05, 0.1) is 11.9 Å². The molecule has 31 heavy (non-hydrogen) atoms. The lowest BCUT2D eigenvalue weighted by molar-refractivity contribution is 0.384. The molecule has 0 aromatic carbocycles. The van der Waals surface area contributed by atoms with Crippen molar-refractivity contribution < 1.29 is 4.52 Å². The van der Waals surface area contributed by atoms with Crippen molar-refractivity contribution in [3.8, 4) is 11.5 Å². The number of nitrogens with zero attached hydrogens (tertiary/aromatic N) is 6. The number of aryl methyl sites for hydroxylation is 2. The summed E-state index contributed by atoms with van der Waals surface area (Å²) in [6, 6.07) is 5.02. The predicted molar refractivity (Wildman–Crippen MR) is 117 cm³/mol. The number of H-pyrrole nitrogens is 2. The second kappa shape index (κ2) is 10.2. The third kappa shape index (κ3) is 4.80. The molecule has 0 aliphatic carbocycles. The van der Waals surface area contributed by atoms with Gasteiger partial charge in [-0.05, 0) is 12.5 Å². The van der Waals surface area contributed by atoms with Crippen molar-refractivity contribution in [3.63, 3.8) is 0 Å². The molecule has 0 unspecified atom stereocenters. The van der Waals surface area contributed by atoms with Gasteiger partial charge in [0.1, 0.15) is 35.3 Å². The second-order valence-electron chi connectivity index (χ2n) is 5.93. The number of aromatic amines is 2. The van der Waals surface area contributed by atoms with Crippen LogP contribution in [0.1, 0.15) is 39.1 Å². The molecule has 5 rings (SSSR count). The zero-order valence-corrected chi connectivity index (χ0v) is 17.9. The smallest absolute Gasteiger partial charge is 0.249 e. The first kappa shape index (κ1) is 21.8. The molecule has 2 N–H and O–H groups in total. The molecule has 0 amide bonds. The molecule has 10 heteroatoms. The van der Waals surface area contributed by atoms with E-state index >= 15 is 0 Å². The Labute approximate surface area is 178 Å². The first-order valence-electron chi connectivity index (χ1n) is 10.2. The molecule has 5 heterocycles. The minimum atomic E-state index is -0.192. The minimum Gasteiger partial charge on any atom is -0.361 e. The van der Waals surface area contributed by atoms with Crippen LogP contribution >= 0.6 is 0 Å². The van der Waals surface area contributed by atoms with Crippen molar-refractivity contribution in [1.82, 2.24) is 40.0 Å². The highest BCUT2D eigenvalue weighted by molar-refractivity contribution is 5.76. The summed E-state index contributed by atoms with van der Waals surface area (Å²) in [5.41, 5.74) is 3.06. The van der Waals surface area contributed by atoms with Gasteiger partial charge in [0, 0.05) is 23.9 Å². The zero-order chi connectivity index (χ0) is 22.2. The quantitative estimate of drug-likeness (QED) is 0.450. The Bertz CT molecular complexity index is 1290. The molecular formula is C21H24N8O2. The van der Waals surface area contributed by atoms with Gasteiger partial charge < -0.3 is 14.5 Å². The van der Waals surface area contributed by atoms with Crippen molar-refractivity contribution in [3.05, 3.63) is 58.9 Å². The Hall–Kier alpha value is -3.95. The topological polar surface area (TPSA) is 139 Å². The lowest BCUT2D eigenvalue weighted by atomic mass is 10.1. The second-order valence-corrected chi connectivity index (χ2v) is 5.93. The largest absolute Gasteiger partial charge is 0.361 e. The van der Waals surface area contributed by atoms with E-state index in [1.807, 2.05) is 33.8 Å². The van der Waals surface area contributed by atoms with Gasteiger partial charge in [-0.15, -0.1) is 0 Å². The van der Waals surface area contributed by atoms with Crippen molar-refractivity contribution in [2.75, 3.05) is 0 Å². The molecule has 5 aromatic heterocycles. The molecule has 0 aliphatic heterocycles. The van der Waals surface area contributed by atoms with Crippen LogP contribution in [0.2, 0.25) is 0 Å². The van der Waals surface area contributed by atoms with Crippen molar-refractivity contribution in [2.24, 2.45) is 0 Å². The van der Waals surface area contributed by atoms with Crippen molar-refractivity contribution >= 4 is 22.2 Å². The molecule has 0 spiro atoms. The summed E-state index contributed by atoms with van der Waals surface area (Å²) in [7, 11) is 0. The van der Waals surface area contributed by atoms with Crippen LogP contribution in [-0.4, -0.2) is 40.0 Å². The average molecular weight is 420 g/mol. The highest BCUT2D eigenvalue weighted by Gasteiger charge is 2.13. The lowest BCUT2D eigenvalue weighted by Crippen LogP contribution is -2.06. The van der Waals surface area contributed by atoms with Crippen molar-refractivity contribution in [2.45, 2.75) is 40.5 Å². The van der Waals surface area contributed by atoms with Gasteiger partial charge in [0.2, 0.25) is 5.56 Å². The van der Waals surface area contributed by atoms with Gasteiger partial charge in [0.15, 0.2) is 11.5 Å². The molecule has 0 atom stereocenters. The summed E-state index contributed by atoms with van der Waals surface area (Å²) in [6.45, 7) is 8.00. The number of fused-ring (bicyclic) bond motifs is 2. The highest BCUT2D eigenvalue weighted by atomic mass is 16.5. The van der Waals surface area contributed by atoms with Crippen LogP contribution in [0, 0.1) is 0 Å². The first-order valence-corrected chi connectivity index (χ1v) is 10.2. The zero-order valence-electron chi connectivity index (χ0n) is 17.9. The average Bonchev–Trinajstić information content (AvgIpc) is 3.47. The van der Waals surface area contributed by atoms with Crippen molar-refractivity contribution in [1.29, 1.82) is 0 Å². The van der Waals surface area contributed by atoms with Crippen LogP contribution in [0.5, 0.6) is 0 Å². The fraction of sp³-hybridized carbons (Fsp3) is 0.286. The fourth-order valence-corrected chi connectivity index (χ4v) is 2.89. The van der Waals surface area contributed by atoms with E-state index in [2.05, 4.69) is 40.0 Å². The SMILES string of the molecule is CC.CC.O=c1ccc2c(CCc3cc(-c4nc5ncncc5[nH]4)no3)ncnc2[nH]1. The van der Waals surface area contributed by atoms with E-state index in [0.29, 0.717) is 41.4 Å². The molecule has 5 aromatic rings. The minimum absolute atomic E-state index is 0.192. The maximum Gasteiger partial charge on any atom is 0.249 e. The Morgan fingerprint density at radius 3 is 2.61 bits per heavy atom. The van der Waals surface area contributed by atoms with E-state index in [1.165, 1.54) is 18.7 Å². The van der Waals surface area contributed by atoms with Gasteiger partial charge in [-0.2, -0.15) is 0 Å². The van der Waals surface area contributed by atoms with Crippen LogP contribution in [0.4, 0.5) is 0 Å². The number of hydrogen-bond donors (Lipinski definition) is 2. The molecular weight excluding hydrogens is 396 g/mol. The number of hydrogen-bond acceptors (Lipinski definition) is 8. The third-order valence-corrected chi connectivity index (χ3v) is 4.18. The Balaban J connectivity index is 0.000000645. The van der Waals surface area contributed by atoms with Crippen LogP contribution in [0.25, 0.3) is 33.7 Å². The number of aromatic nitrogens is 8. The van der Waals surface area contributed by atoms with Crippen LogP contribution in [-0.2, 0) is 12.8 Å². The highest BCUT2D eigenvalue weighted by Crippen LogP contribution is 2.20. The van der Waals surface area contributed by atoms with E-state index in [0.717, 1.165) is 16.6 Å². The van der Waals surface area contributed by atoms with Crippen LogP contribution in [0.15, 0.2) is 46.4 Å². The standard InChI is InChI=1S/C17H12N8O2.2C2H6/c26-14-4-2-10-11(19-8-21-15(10)23-14)3-1-9-5-12(25-27-9)17-22-13-6-18-7-20-16(13)24-17;2*1-2/h2,4-8H,1,3H2,(H,18,20,22,24)(H,19,21,23,26);2*1-2H3. The van der Waals surface area contributed by atoms with Gasteiger partial charge in [-0.25, -0.2) is 24.9 Å². The maximum absolute atomic E-state index is 11.4. The normalized spacial score (nSPS) is 10.3. The van der Waals surface area contributed by atoms with Gasteiger partial charge in [-0.3, -0.25) is 4.79 Å². The van der Waals surface area contributed by atoms with E-state index in [1.54, 1.807) is 12.3 Å². The monoisotopic (exact) mass is 420 g/mol. The van der Waals surface area contributed by atoms with Crippen LogP contribution < -0.4 is 5.56 Å². The summed E-state index contributed by atoms with van der Waals surface area (Å²) < 4.78 is 5.42. The summed E-state index contributed by atoms with van der Waals surface area (Å²) in [6.07, 6.45) is 5.75. The van der Waals surface area contributed by atoms with E-state index in [9.17, 15) is 4.79 Å². The van der Waals surface area contributed by atoms with Gasteiger partial charge in [-0.1, -0.05) is 32.9 Å². The number of nitrogens with one attached hydrogen (secondary N) is 2. The van der Waals surface area contributed by atoms with E-state index in [4.69, 9.17) is 4.52 Å². The van der Waals surface area contributed by atoms with Gasteiger partial charge >= 0.3 is 0 Å². The number of imidazole rings is 1. The summed E-state index contributed by atoms with van der Waals surface area (Å²) in [5, 5.41) is 4.88. The Kier molecular flexibility index (Phi) is 7.15. The fourth-order valence-electron chi connectivity index (χ4n) is 2.89. The Morgan fingerprint density at radius 1 is 0.968 bits per heavy atom. The molecule has 160 valence electrons. The molecule has 0 saturated carbocycles. The summed E-state index contributed by atoms with van der Waals surface area (Å²) >= 11 is 0. The van der Waals surface area contributed by atoms with Crippen LogP contribution in [0.3, 0.4) is 0 Å². The molecule has 0 radical (unpaired) electrons. The molecule has 0 bridgehead atoms. The number of rotatable bonds is 4. The lowest BCUT2D eigenvalue weighted by Gasteiger charge is -2.02. The third-order valence-electron chi connectivity index (χ3n) is 4.18.